The van der Waals surface area contributed by atoms with Gasteiger partial charge in [0, 0.05) is 12.0 Å². The van der Waals surface area contributed by atoms with E-state index in [0.717, 1.165) is 17.7 Å². The highest BCUT2D eigenvalue weighted by molar-refractivity contribution is 5.76. The molecule has 1 amide bonds. The number of amides is 1. The Morgan fingerprint density at radius 2 is 1.95 bits per heavy atom. The highest BCUT2D eigenvalue weighted by Crippen LogP contribution is 2.24. The summed E-state index contributed by atoms with van der Waals surface area (Å²) in [6.45, 7) is 6.82. The molecule has 0 fully saturated rings. The molecule has 2 unspecified atom stereocenters. The van der Waals surface area contributed by atoms with Crippen molar-refractivity contribution in [3.05, 3.63) is 29.8 Å². The first-order valence-corrected chi connectivity index (χ1v) is 7.60. The molecule has 4 heteroatoms. The zero-order valence-electron chi connectivity index (χ0n) is 13.6. The number of nitrogens with one attached hydrogen (secondary N) is 1. The molecular weight excluding hydrogens is 264 g/mol. The minimum atomic E-state index is -0.0777. The Bertz CT molecular complexity index is 446. The number of carbonyl (C=O) groups is 1. The molecule has 1 aromatic rings. The lowest BCUT2D eigenvalue weighted by Gasteiger charge is -2.20. The van der Waals surface area contributed by atoms with Crippen molar-refractivity contribution in [2.24, 2.45) is 17.6 Å². The van der Waals surface area contributed by atoms with Gasteiger partial charge in [0.15, 0.2) is 0 Å². The SMILES string of the molecule is COc1ccccc1C(C)NC(=O)CC(CN)CC(C)C. The van der Waals surface area contributed by atoms with Gasteiger partial charge >= 0.3 is 0 Å². The first-order chi connectivity index (χ1) is 9.97. The standard InChI is InChI=1S/C17H28N2O2/c1-12(2)9-14(11-18)10-17(20)19-13(3)15-7-5-6-8-16(15)21-4/h5-8,12-14H,9-11,18H2,1-4H3,(H,19,20). The average molecular weight is 292 g/mol. The molecule has 0 aliphatic heterocycles. The van der Waals surface area contributed by atoms with E-state index in [1.807, 2.05) is 31.2 Å². The maximum Gasteiger partial charge on any atom is 0.220 e. The molecule has 0 aliphatic rings. The van der Waals surface area contributed by atoms with E-state index in [0.29, 0.717) is 18.9 Å². The molecule has 0 saturated carbocycles. The molecule has 1 rings (SSSR count). The minimum Gasteiger partial charge on any atom is -0.496 e. The molecule has 3 N–H and O–H groups in total. The van der Waals surface area contributed by atoms with Crippen molar-refractivity contribution in [2.45, 2.75) is 39.7 Å². The number of rotatable bonds is 8. The van der Waals surface area contributed by atoms with Crippen LogP contribution in [0.15, 0.2) is 24.3 Å². The van der Waals surface area contributed by atoms with Crippen molar-refractivity contribution in [1.29, 1.82) is 0 Å². The molecule has 2 atom stereocenters. The molecule has 21 heavy (non-hydrogen) atoms. The van der Waals surface area contributed by atoms with Gasteiger partial charge in [-0.05, 0) is 37.8 Å². The summed E-state index contributed by atoms with van der Waals surface area (Å²) < 4.78 is 5.33. The number of ether oxygens (including phenoxy) is 1. The molecule has 4 nitrogen and oxygen atoms in total. The Hall–Kier alpha value is -1.55. The van der Waals surface area contributed by atoms with Crippen LogP contribution in [0.4, 0.5) is 0 Å². The van der Waals surface area contributed by atoms with Crippen LogP contribution in [-0.2, 0) is 4.79 Å². The van der Waals surface area contributed by atoms with Crippen molar-refractivity contribution in [3.63, 3.8) is 0 Å². The van der Waals surface area contributed by atoms with Gasteiger partial charge in [0.25, 0.3) is 0 Å². The van der Waals surface area contributed by atoms with Crippen molar-refractivity contribution in [2.75, 3.05) is 13.7 Å². The van der Waals surface area contributed by atoms with E-state index in [9.17, 15) is 4.79 Å². The molecule has 0 bridgehead atoms. The Morgan fingerprint density at radius 1 is 1.29 bits per heavy atom. The topological polar surface area (TPSA) is 64.3 Å². The lowest BCUT2D eigenvalue weighted by molar-refractivity contribution is -0.122. The normalized spacial score (nSPS) is 13.8. The summed E-state index contributed by atoms with van der Waals surface area (Å²) in [7, 11) is 1.64. The van der Waals surface area contributed by atoms with Crippen LogP contribution in [-0.4, -0.2) is 19.6 Å². The molecule has 1 aromatic carbocycles. The van der Waals surface area contributed by atoms with Crippen LogP contribution in [0.5, 0.6) is 5.75 Å². The van der Waals surface area contributed by atoms with E-state index in [1.54, 1.807) is 7.11 Å². The van der Waals surface area contributed by atoms with Crippen LogP contribution in [0.3, 0.4) is 0 Å². The fourth-order valence-corrected chi connectivity index (χ4v) is 2.59. The Labute approximate surface area is 128 Å². The second kappa shape index (κ2) is 8.67. The van der Waals surface area contributed by atoms with Gasteiger partial charge in [-0.3, -0.25) is 4.79 Å². The molecule has 0 radical (unpaired) electrons. The number of hydrogen-bond donors (Lipinski definition) is 2. The van der Waals surface area contributed by atoms with Gasteiger partial charge in [0.2, 0.25) is 5.91 Å². The first kappa shape index (κ1) is 17.5. The maximum absolute atomic E-state index is 12.2. The number of methoxy groups -OCH3 is 1. The van der Waals surface area contributed by atoms with Gasteiger partial charge in [-0.15, -0.1) is 0 Å². The zero-order chi connectivity index (χ0) is 15.8. The lowest BCUT2D eigenvalue weighted by atomic mass is 9.94. The van der Waals surface area contributed by atoms with Crippen molar-refractivity contribution in [1.82, 2.24) is 5.32 Å². The van der Waals surface area contributed by atoms with Gasteiger partial charge in [-0.2, -0.15) is 0 Å². The maximum atomic E-state index is 12.2. The van der Waals surface area contributed by atoms with Crippen LogP contribution < -0.4 is 15.8 Å². The smallest absolute Gasteiger partial charge is 0.220 e. The van der Waals surface area contributed by atoms with Gasteiger partial charge in [0.05, 0.1) is 13.2 Å². The number of para-hydroxylation sites is 1. The lowest BCUT2D eigenvalue weighted by Crippen LogP contribution is -2.31. The molecule has 0 saturated heterocycles. The van der Waals surface area contributed by atoms with Crippen LogP contribution in [0.25, 0.3) is 0 Å². The molecule has 0 spiro atoms. The summed E-state index contributed by atoms with van der Waals surface area (Å²) in [6.07, 6.45) is 1.46. The monoisotopic (exact) mass is 292 g/mol. The number of carbonyl (C=O) groups excluding carboxylic acids is 1. The number of hydrogen-bond acceptors (Lipinski definition) is 3. The van der Waals surface area contributed by atoms with Crippen molar-refractivity contribution in [3.8, 4) is 5.75 Å². The minimum absolute atomic E-state index is 0.0458. The summed E-state index contributed by atoms with van der Waals surface area (Å²) in [4.78, 5) is 12.2. The fraction of sp³-hybridized carbons (Fsp3) is 0.588. The van der Waals surface area contributed by atoms with Gasteiger partial charge in [-0.25, -0.2) is 0 Å². The van der Waals surface area contributed by atoms with Crippen LogP contribution >= 0.6 is 0 Å². The summed E-state index contributed by atoms with van der Waals surface area (Å²) in [6, 6.07) is 7.66. The third kappa shape index (κ3) is 5.76. The third-order valence-corrected chi connectivity index (χ3v) is 3.60. The average Bonchev–Trinajstić information content (AvgIpc) is 2.45. The van der Waals surface area contributed by atoms with E-state index < -0.39 is 0 Å². The van der Waals surface area contributed by atoms with Crippen LogP contribution in [0, 0.1) is 11.8 Å². The van der Waals surface area contributed by atoms with Crippen molar-refractivity contribution >= 4 is 5.91 Å². The van der Waals surface area contributed by atoms with Crippen LogP contribution in [0.1, 0.15) is 45.2 Å². The Kier molecular flexibility index (Phi) is 7.23. The molecule has 0 aliphatic carbocycles. The quantitative estimate of drug-likeness (QED) is 0.774. The predicted octanol–water partition coefficient (Wildman–Crippen LogP) is 2.88. The molecular formula is C17H28N2O2. The predicted molar refractivity (Wildman–Crippen MR) is 86.2 cm³/mol. The third-order valence-electron chi connectivity index (χ3n) is 3.60. The van der Waals surface area contributed by atoms with E-state index >= 15 is 0 Å². The summed E-state index contributed by atoms with van der Waals surface area (Å²) in [5.41, 5.74) is 6.74. The van der Waals surface area contributed by atoms with Crippen LogP contribution in [0.2, 0.25) is 0 Å². The second-order valence-electron chi connectivity index (χ2n) is 5.97. The van der Waals surface area contributed by atoms with Gasteiger partial charge < -0.3 is 15.8 Å². The molecule has 0 aromatic heterocycles. The highest BCUT2D eigenvalue weighted by atomic mass is 16.5. The molecule has 118 valence electrons. The first-order valence-electron chi connectivity index (χ1n) is 7.60. The summed E-state index contributed by atoms with van der Waals surface area (Å²) >= 11 is 0. The fourth-order valence-electron chi connectivity index (χ4n) is 2.59. The second-order valence-corrected chi connectivity index (χ2v) is 5.97. The number of benzene rings is 1. The van der Waals surface area contributed by atoms with E-state index in [-0.39, 0.29) is 17.9 Å². The Balaban J connectivity index is 2.61. The molecule has 0 heterocycles. The number of nitrogens with two attached hydrogens (primary N) is 1. The highest BCUT2D eigenvalue weighted by Gasteiger charge is 2.17. The Morgan fingerprint density at radius 3 is 2.52 bits per heavy atom. The van der Waals surface area contributed by atoms with Gasteiger partial charge in [0.1, 0.15) is 5.75 Å². The van der Waals surface area contributed by atoms with E-state index in [2.05, 4.69) is 19.2 Å². The largest absolute Gasteiger partial charge is 0.496 e. The summed E-state index contributed by atoms with van der Waals surface area (Å²) in [5, 5.41) is 3.03. The van der Waals surface area contributed by atoms with Gasteiger partial charge in [-0.1, -0.05) is 32.0 Å². The van der Waals surface area contributed by atoms with E-state index in [4.69, 9.17) is 10.5 Å². The zero-order valence-corrected chi connectivity index (χ0v) is 13.6. The van der Waals surface area contributed by atoms with Crippen molar-refractivity contribution < 1.29 is 9.53 Å². The van der Waals surface area contributed by atoms with E-state index in [1.165, 1.54) is 0 Å². The summed E-state index contributed by atoms with van der Waals surface area (Å²) in [5.74, 6) is 1.64.